The smallest absolute Gasteiger partial charge is 0.0319 e. The third kappa shape index (κ3) is 3.93. The zero-order valence-corrected chi connectivity index (χ0v) is 15.0. The van der Waals surface area contributed by atoms with Crippen molar-refractivity contribution >= 4 is 0 Å². The summed E-state index contributed by atoms with van der Waals surface area (Å²) in [6, 6.07) is 0.852. The molecule has 0 spiro atoms. The van der Waals surface area contributed by atoms with Crippen molar-refractivity contribution in [3.05, 3.63) is 0 Å². The molecule has 23 heavy (non-hydrogen) atoms. The number of hydrogen-bond donors (Lipinski definition) is 1. The highest BCUT2D eigenvalue weighted by atomic mass is 15.8. The van der Waals surface area contributed by atoms with Crippen LogP contribution in [0.25, 0.3) is 0 Å². The fraction of sp³-hybridized carbons (Fsp3) is 1.00. The topological polar surface area (TPSA) is 18.5 Å². The highest BCUT2D eigenvalue weighted by Gasteiger charge is 2.42. The van der Waals surface area contributed by atoms with Crippen LogP contribution in [0, 0.1) is 17.8 Å². The van der Waals surface area contributed by atoms with E-state index in [1.54, 1.807) is 0 Å². The number of fused-ring (bicyclic) bond motifs is 4. The predicted molar refractivity (Wildman–Crippen MR) is 95.7 cm³/mol. The van der Waals surface area contributed by atoms with Crippen molar-refractivity contribution in [2.45, 2.75) is 89.5 Å². The van der Waals surface area contributed by atoms with E-state index in [2.05, 4.69) is 15.6 Å². The van der Waals surface area contributed by atoms with Crippen molar-refractivity contribution in [2.24, 2.45) is 17.8 Å². The van der Waals surface area contributed by atoms with Gasteiger partial charge in [-0.15, -0.1) is 0 Å². The SMILES string of the molecule is C1CCCCC2CCNN(C2)N2CCC3CCC(CCC1)CC32. The van der Waals surface area contributed by atoms with E-state index >= 15 is 0 Å². The molecule has 3 heterocycles. The van der Waals surface area contributed by atoms with E-state index in [-0.39, 0.29) is 0 Å². The van der Waals surface area contributed by atoms with Crippen LogP contribution in [0.3, 0.4) is 0 Å². The van der Waals surface area contributed by atoms with E-state index in [9.17, 15) is 0 Å². The maximum absolute atomic E-state index is 3.73. The van der Waals surface area contributed by atoms with Crippen molar-refractivity contribution < 1.29 is 0 Å². The summed E-state index contributed by atoms with van der Waals surface area (Å²) in [6.07, 6.45) is 19.2. The Morgan fingerprint density at radius 3 is 2.35 bits per heavy atom. The van der Waals surface area contributed by atoms with Crippen LogP contribution in [-0.2, 0) is 0 Å². The van der Waals surface area contributed by atoms with Crippen molar-refractivity contribution in [3.63, 3.8) is 0 Å². The molecule has 3 heteroatoms. The predicted octanol–water partition coefficient (Wildman–Crippen LogP) is 4.35. The first-order valence-corrected chi connectivity index (χ1v) is 10.7. The first-order valence-electron chi connectivity index (χ1n) is 10.7. The van der Waals surface area contributed by atoms with E-state index in [1.807, 2.05) is 0 Å². The van der Waals surface area contributed by atoms with Crippen molar-refractivity contribution in [3.8, 4) is 0 Å². The van der Waals surface area contributed by atoms with Crippen molar-refractivity contribution in [1.29, 1.82) is 0 Å². The van der Waals surface area contributed by atoms with Crippen molar-refractivity contribution in [1.82, 2.24) is 15.6 Å². The molecule has 0 aromatic heterocycles. The summed E-state index contributed by atoms with van der Waals surface area (Å²) in [7, 11) is 0. The summed E-state index contributed by atoms with van der Waals surface area (Å²) < 4.78 is 0. The van der Waals surface area contributed by atoms with Crippen LogP contribution < -0.4 is 5.43 Å². The summed E-state index contributed by atoms with van der Waals surface area (Å²) >= 11 is 0. The van der Waals surface area contributed by atoms with E-state index < -0.39 is 0 Å². The first-order chi connectivity index (χ1) is 11.4. The molecule has 4 bridgehead atoms. The lowest BCUT2D eigenvalue weighted by atomic mass is 9.77. The Bertz CT molecular complexity index is 372. The number of hydrazine groups is 2. The van der Waals surface area contributed by atoms with Crippen LogP contribution in [0.15, 0.2) is 0 Å². The highest BCUT2D eigenvalue weighted by Crippen LogP contribution is 2.41. The zero-order valence-electron chi connectivity index (χ0n) is 15.0. The summed E-state index contributed by atoms with van der Waals surface area (Å²) in [6.45, 7) is 3.78. The van der Waals surface area contributed by atoms with Gasteiger partial charge in [-0.05, 0) is 49.9 Å². The molecule has 3 nitrogen and oxygen atoms in total. The van der Waals surface area contributed by atoms with Gasteiger partial charge in [0.1, 0.15) is 0 Å². The molecule has 4 fully saturated rings. The number of hydrogen-bond acceptors (Lipinski definition) is 3. The molecule has 132 valence electrons. The lowest BCUT2D eigenvalue weighted by Gasteiger charge is -2.44. The van der Waals surface area contributed by atoms with Crippen LogP contribution in [0.5, 0.6) is 0 Å². The van der Waals surface area contributed by atoms with Gasteiger partial charge in [0.15, 0.2) is 0 Å². The van der Waals surface area contributed by atoms with E-state index in [0.717, 1.165) is 23.8 Å². The molecule has 0 aromatic rings. The summed E-state index contributed by atoms with van der Waals surface area (Å²) in [5.74, 6) is 2.94. The molecule has 1 aliphatic carbocycles. The Hall–Kier alpha value is -0.120. The minimum Gasteiger partial charge on any atom is -0.241 e. The molecule has 3 saturated heterocycles. The Balaban J connectivity index is 1.45. The molecule has 1 saturated carbocycles. The Morgan fingerprint density at radius 1 is 0.696 bits per heavy atom. The van der Waals surface area contributed by atoms with E-state index in [4.69, 9.17) is 0 Å². The fourth-order valence-corrected chi connectivity index (χ4v) is 5.82. The fourth-order valence-electron chi connectivity index (χ4n) is 5.82. The normalized spacial score (nSPS) is 43.6. The zero-order chi connectivity index (χ0) is 15.5. The van der Waals surface area contributed by atoms with Gasteiger partial charge in [0.2, 0.25) is 0 Å². The van der Waals surface area contributed by atoms with Gasteiger partial charge in [-0.1, -0.05) is 51.4 Å². The monoisotopic (exact) mass is 319 g/mol. The van der Waals surface area contributed by atoms with E-state index in [0.29, 0.717) is 0 Å². The highest BCUT2D eigenvalue weighted by molar-refractivity contribution is 4.92. The van der Waals surface area contributed by atoms with Crippen molar-refractivity contribution in [2.75, 3.05) is 19.6 Å². The Kier molecular flexibility index (Phi) is 5.58. The molecule has 5 atom stereocenters. The van der Waals surface area contributed by atoms with Crippen LogP contribution in [0.4, 0.5) is 0 Å². The standard InChI is InChI=1S/C20H37N3/c1-2-4-6-8-18-11-13-21-23(16-18)22-14-12-19-10-9-17(7-5-3-1)15-20(19)22/h17-21H,1-16H2. The summed E-state index contributed by atoms with van der Waals surface area (Å²) in [4.78, 5) is 0. The molecule has 0 amide bonds. The van der Waals surface area contributed by atoms with Crippen LogP contribution in [0.2, 0.25) is 0 Å². The molecule has 5 unspecified atom stereocenters. The minimum absolute atomic E-state index is 0.852. The average molecular weight is 320 g/mol. The Labute approximate surface area is 143 Å². The third-order valence-corrected chi connectivity index (χ3v) is 7.24. The lowest BCUT2D eigenvalue weighted by Crippen LogP contribution is -2.58. The maximum Gasteiger partial charge on any atom is 0.0319 e. The van der Waals surface area contributed by atoms with Gasteiger partial charge in [-0.2, -0.15) is 5.12 Å². The number of nitrogens with zero attached hydrogens (tertiary/aromatic N) is 2. The number of rotatable bonds is 0. The second-order valence-corrected chi connectivity index (χ2v) is 8.80. The lowest BCUT2D eigenvalue weighted by molar-refractivity contribution is -0.120. The second kappa shape index (κ2) is 7.84. The van der Waals surface area contributed by atoms with Crippen LogP contribution >= 0.6 is 0 Å². The molecular formula is C20H37N3. The third-order valence-electron chi connectivity index (χ3n) is 7.24. The molecular weight excluding hydrogens is 282 g/mol. The molecule has 0 aromatic carbocycles. The molecule has 0 radical (unpaired) electrons. The largest absolute Gasteiger partial charge is 0.241 e. The van der Waals surface area contributed by atoms with Gasteiger partial charge in [-0.3, -0.25) is 0 Å². The van der Waals surface area contributed by atoms with Gasteiger partial charge in [-0.25, -0.2) is 10.4 Å². The minimum atomic E-state index is 0.852. The van der Waals surface area contributed by atoms with Crippen LogP contribution in [0.1, 0.15) is 83.5 Å². The molecule has 4 rings (SSSR count). The quantitative estimate of drug-likeness (QED) is 0.716. The Morgan fingerprint density at radius 2 is 1.48 bits per heavy atom. The second-order valence-electron chi connectivity index (χ2n) is 8.80. The van der Waals surface area contributed by atoms with Gasteiger partial charge < -0.3 is 0 Å². The van der Waals surface area contributed by atoms with Gasteiger partial charge in [0, 0.05) is 25.7 Å². The first kappa shape index (κ1) is 16.4. The molecule has 3 aliphatic heterocycles. The summed E-state index contributed by atoms with van der Waals surface area (Å²) in [5.41, 5.74) is 3.73. The van der Waals surface area contributed by atoms with E-state index in [1.165, 1.54) is 103 Å². The van der Waals surface area contributed by atoms with Gasteiger partial charge in [0.05, 0.1) is 0 Å². The van der Waals surface area contributed by atoms with Crippen LogP contribution in [-0.4, -0.2) is 35.8 Å². The van der Waals surface area contributed by atoms with Gasteiger partial charge >= 0.3 is 0 Å². The van der Waals surface area contributed by atoms with Gasteiger partial charge in [0.25, 0.3) is 0 Å². The molecule has 4 aliphatic rings. The average Bonchev–Trinajstić information content (AvgIpc) is 3.00. The molecule has 1 N–H and O–H groups in total. The summed E-state index contributed by atoms with van der Waals surface area (Å²) in [5, 5.41) is 5.34. The maximum atomic E-state index is 3.73. The number of nitrogens with one attached hydrogen (secondary N) is 1.